The molecular formula is C22H25FN2. The molecule has 1 aliphatic carbocycles. The average Bonchev–Trinajstić information content (AvgIpc) is 3.01. The normalized spacial score (nSPS) is 21.8. The zero-order chi connectivity index (χ0) is 17.1. The van der Waals surface area contributed by atoms with Crippen LogP contribution in [-0.4, -0.2) is 9.97 Å². The summed E-state index contributed by atoms with van der Waals surface area (Å²) in [7, 11) is 0. The lowest BCUT2D eigenvalue weighted by Crippen LogP contribution is -2.14. The number of fused-ring (bicyclic) bond motifs is 1. The predicted octanol–water partition coefficient (Wildman–Crippen LogP) is 6.00. The van der Waals surface area contributed by atoms with Gasteiger partial charge >= 0.3 is 0 Å². The van der Waals surface area contributed by atoms with Crippen molar-refractivity contribution < 1.29 is 4.39 Å². The Hall–Kier alpha value is -2.16. The molecule has 0 saturated heterocycles. The monoisotopic (exact) mass is 336 g/mol. The molecular weight excluding hydrogens is 311 g/mol. The van der Waals surface area contributed by atoms with Crippen molar-refractivity contribution in [2.75, 3.05) is 0 Å². The lowest BCUT2D eigenvalue weighted by molar-refractivity contribution is 0.341. The number of H-pyrrole nitrogens is 1. The topological polar surface area (TPSA) is 28.7 Å². The van der Waals surface area contributed by atoms with E-state index in [1.807, 2.05) is 18.3 Å². The van der Waals surface area contributed by atoms with Crippen LogP contribution in [0.1, 0.15) is 55.8 Å². The van der Waals surface area contributed by atoms with Gasteiger partial charge in [-0.1, -0.05) is 31.7 Å². The molecule has 2 atom stereocenters. The number of halogens is 1. The maximum atomic E-state index is 13.5. The third kappa shape index (κ3) is 3.92. The molecule has 2 aromatic heterocycles. The molecule has 1 N–H and O–H groups in total. The summed E-state index contributed by atoms with van der Waals surface area (Å²) < 4.78 is 13.5. The smallest absolute Gasteiger partial charge is 0.123 e. The number of aromatic nitrogens is 2. The number of rotatable bonds is 3. The van der Waals surface area contributed by atoms with E-state index in [9.17, 15) is 4.39 Å². The maximum Gasteiger partial charge on any atom is 0.123 e. The van der Waals surface area contributed by atoms with Gasteiger partial charge in [0.2, 0.25) is 0 Å². The molecule has 2 unspecified atom stereocenters. The summed E-state index contributed by atoms with van der Waals surface area (Å²) in [6, 6.07) is 13.4. The second-order valence-corrected chi connectivity index (χ2v) is 7.42. The third-order valence-corrected chi connectivity index (χ3v) is 5.55. The molecule has 0 bridgehead atoms. The number of aromatic amines is 1. The van der Waals surface area contributed by atoms with Crippen molar-refractivity contribution in [2.24, 2.45) is 5.92 Å². The van der Waals surface area contributed by atoms with E-state index in [1.54, 1.807) is 6.07 Å². The molecule has 130 valence electrons. The van der Waals surface area contributed by atoms with E-state index in [2.05, 4.69) is 28.2 Å². The molecule has 4 rings (SSSR count). The van der Waals surface area contributed by atoms with Crippen LogP contribution in [0.2, 0.25) is 0 Å². The van der Waals surface area contributed by atoms with Crippen molar-refractivity contribution in [1.29, 1.82) is 0 Å². The third-order valence-electron chi connectivity index (χ3n) is 5.55. The largest absolute Gasteiger partial charge is 0.358 e. The minimum absolute atomic E-state index is 0.163. The van der Waals surface area contributed by atoms with Crippen LogP contribution in [0.4, 0.5) is 4.39 Å². The van der Waals surface area contributed by atoms with Crippen molar-refractivity contribution in [1.82, 2.24) is 9.97 Å². The van der Waals surface area contributed by atoms with Crippen LogP contribution in [0.25, 0.3) is 10.9 Å². The van der Waals surface area contributed by atoms with Gasteiger partial charge in [-0.2, -0.15) is 0 Å². The quantitative estimate of drug-likeness (QED) is 0.624. The Labute approximate surface area is 148 Å². The summed E-state index contributed by atoms with van der Waals surface area (Å²) in [6.07, 6.45) is 10.5. The SMILES string of the molecule is Fc1ccc2[nH]c(C3CCCCCC(Cc4ccccn4)C3)cc2c1. The Kier molecular flexibility index (Phi) is 4.82. The Morgan fingerprint density at radius 1 is 1.04 bits per heavy atom. The van der Waals surface area contributed by atoms with E-state index in [4.69, 9.17) is 0 Å². The number of nitrogens with zero attached hydrogens (tertiary/aromatic N) is 1. The first-order valence-electron chi connectivity index (χ1n) is 9.46. The van der Waals surface area contributed by atoms with Gasteiger partial charge in [-0.3, -0.25) is 4.98 Å². The van der Waals surface area contributed by atoms with Crippen LogP contribution in [0.5, 0.6) is 0 Å². The van der Waals surface area contributed by atoms with Crippen LogP contribution < -0.4 is 0 Å². The average molecular weight is 336 g/mol. The predicted molar refractivity (Wildman–Crippen MR) is 100 cm³/mol. The first kappa shape index (κ1) is 16.3. The standard InChI is InChI=1S/C22H25FN2/c23-19-9-10-21-18(14-19)15-22(25-21)17-7-3-1-2-6-16(12-17)13-20-8-4-5-11-24-20/h4-5,8-11,14-17,25H,1-3,6-7,12-13H2. The lowest BCUT2D eigenvalue weighted by atomic mass is 9.80. The van der Waals surface area contributed by atoms with E-state index >= 15 is 0 Å². The van der Waals surface area contributed by atoms with Gasteiger partial charge in [0.05, 0.1) is 0 Å². The van der Waals surface area contributed by atoms with E-state index in [0.29, 0.717) is 11.8 Å². The Morgan fingerprint density at radius 3 is 2.84 bits per heavy atom. The van der Waals surface area contributed by atoms with Gasteiger partial charge < -0.3 is 4.98 Å². The summed E-state index contributed by atoms with van der Waals surface area (Å²) in [5.74, 6) is 1.04. The highest BCUT2D eigenvalue weighted by molar-refractivity contribution is 5.80. The molecule has 1 fully saturated rings. The zero-order valence-electron chi connectivity index (χ0n) is 14.5. The number of nitrogens with one attached hydrogen (secondary N) is 1. The second kappa shape index (κ2) is 7.38. The molecule has 1 aliphatic rings. The molecule has 0 aliphatic heterocycles. The summed E-state index contributed by atoms with van der Waals surface area (Å²) >= 11 is 0. The summed E-state index contributed by atoms with van der Waals surface area (Å²) in [5, 5.41) is 0.985. The van der Waals surface area contributed by atoms with Gasteiger partial charge in [-0.15, -0.1) is 0 Å². The molecule has 0 radical (unpaired) electrons. The molecule has 2 nitrogen and oxygen atoms in total. The second-order valence-electron chi connectivity index (χ2n) is 7.42. The molecule has 1 saturated carbocycles. The van der Waals surface area contributed by atoms with Crippen molar-refractivity contribution >= 4 is 10.9 Å². The molecule has 1 aromatic carbocycles. The summed E-state index contributed by atoms with van der Waals surface area (Å²) in [4.78, 5) is 8.06. The number of hydrogen-bond donors (Lipinski definition) is 1. The first-order valence-corrected chi connectivity index (χ1v) is 9.46. The lowest BCUT2D eigenvalue weighted by Gasteiger charge is -2.26. The van der Waals surface area contributed by atoms with E-state index in [0.717, 1.165) is 17.3 Å². The molecule has 25 heavy (non-hydrogen) atoms. The summed E-state index contributed by atoms with van der Waals surface area (Å²) in [6.45, 7) is 0. The minimum atomic E-state index is -0.163. The van der Waals surface area contributed by atoms with E-state index in [-0.39, 0.29) is 5.82 Å². The molecule has 0 spiro atoms. The van der Waals surface area contributed by atoms with Crippen molar-refractivity contribution in [3.63, 3.8) is 0 Å². The fourth-order valence-corrected chi connectivity index (χ4v) is 4.27. The van der Waals surface area contributed by atoms with E-state index < -0.39 is 0 Å². The highest BCUT2D eigenvalue weighted by atomic mass is 19.1. The number of pyridine rings is 1. The van der Waals surface area contributed by atoms with Crippen molar-refractivity contribution in [3.8, 4) is 0 Å². The Morgan fingerprint density at radius 2 is 1.96 bits per heavy atom. The van der Waals surface area contributed by atoms with Crippen LogP contribution in [0, 0.1) is 11.7 Å². The van der Waals surface area contributed by atoms with Crippen molar-refractivity contribution in [2.45, 2.75) is 50.9 Å². The molecule has 2 heterocycles. The van der Waals surface area contributed by atoms with Crippen LogP contribution in [0.15, 0.2) is 48.7 Å². The fourth-order valence-electron chi connectivity index (χ4n) is 4.27. The van der Waals surface area contributed by atoms with Gasteiger partial charge in [-0.25, -0.2) is 4.39 Å². The van der Waals surface area contributed by atoms with Crippen LogP contribution in [0.3, 0.4) is 0 Å². The fraction of sp³-hybridized carbons (Fsp3) is 0.409. The van der Waals surface area contributed by atoms with Gasteiger partial charge in [-0.05, 0) is 67.5 Å². The highest BCUT2D eigenvalue weighted by Gasteiger charge is 2.22. The molecule has 3 heteroatoms. The summed E-state index contributed by atoms with van der Waals surface area (Å²) in [5.41, 5.74) is 3.51. The highest BCUT2D eigenvalue weighted by Crippen LogP contribution is 2.36. The van der Waals surface area contributed by atoms with E-state index in [1.165, 1.54) is 56.0 Å². The molecule has 3 aromatic rings. The van der Waals surface area contributed by atoms with Crippen LogP contribution >= 0.6 is 0 Å². The minimum Gasteiger partial charge on any atom is -0.358 e. The van der Waals surface area contributed by atoms with Gasteiger partial charge in [0.25, 0.3) is 0 Å². The van der Waals surface area contributed by atoms with Gasteiger partial charge in [0, 0.05) is 28.5 Å². The van der Waals surface area contributed by atoms with Gasteiger partial charge in [0.15, 0.2) is 0 Å². The Balaban J connectivity index is 1.55. The number of benzene rings is 1. The zero-order valence-corrected chi connectivity index (χ0v) is 14.5. The van der Waals surface area contributed by atoms with Crippen molar-refractivity contribution in [3.05, 3.63) is 65.9 Å². The Bertz CT molecular complexity index is 824. The number of hydrogen-bond acceptors (Lipinski definition) is 1. The first-order chi connectivity index (χ1) is 12.3. The van der Waals surface area contributed by atoms with Crippen LogP contribution in [-0.2, 0) is 6.42 Å². The van der Waals surface area contributed by atoms with Gasteiger partial charge in [0.1, 0.15) is 5.82 Å². The molecule has 0 amide bonds. The maximum absolute atomic E-state index is 13.5.